The molecule has 0 aliphatic rings. The first-order valence-corrected chi connectivity index (χ1v) is 5.49. The highest BCUT2D eigenvalue weighted by Crippen LogP contribution is 2.11. The van der Waals surface area contributed by atoms with Gasteiger partial charge in [0.2, 0.25) is 5.88 Å². The number of ether oxygens (including phenoxy) is 1. The number of hydrogen-bond acceptors (Lipinski definition) is 4. The number of methoxy groups -OCH3 is 1. The summed E-state index contributed by atoms with van der Waals surface area (Å²) in [7, 11) is 3.23. The highest BCUT2D eigenvalue weighted by Gasteiger charge is 2.18. The Balaban J connectivity index is 2.69. The number of rotatable bonds is 5. The van der Waals surface area contributed by atoms with Gasteiger partial charge >= 0.3 is 0 Å². The lowest BCUT2D eigenvalue weighted by Gasteiger charge is -2.18. The number of hydrogen-bond donors (Lipinski definition) is 2. The molecule has 0 saturated carbocycles. The zero-order valence-electron chi connectivity index (χ0n) is 10.6. The number of aryl methyl sites for hydroxylation is 1. The summed E-state index contributed by atoms with van der Waals surface area (Å²) in [6.07, 6.45) is 0. The molecule has 0 radical (unpaired) electrons. The van der Waals surface area contributed by atoms with Crippen molar-refractivity contribution >= 4 is 5.91 Å². The fourth-order valence-corrected chi connectivity index (χ4v) is 1.33. The van der Waals surface area contributed by atoms with Crippen molar-refractivity contribution in [1.29, 1.82) is 0 Å². The third-order valence-electron chi connectivity index (χ3n) is 2.78. The number of aliphatic hydroxyl groups is 1. The summed E-state index contributed by atoms with van der Waals surface area (Å²) in [5.41, 5.74) is 0.307. The predicted molar refractivity (Wildman–Crippen MR) is 62.9 cm³/mol. The molecule has 6 nitrogen and oxygen atoms in total. The molecule has 1 aromatic rings. The highest BCUT2D eigenvalue weighted by molar-refractivity contribution is 5.92. The van der Waals surface area contributed by atoms with Gasteiger partial charge in [0.05, 0.1) is 7.11 Å². The van der Waals surface area contributed by atoms with Crippen LogP contribution in [0.15, 0.2) is 6.07 Å². The van der Waals surface area contributed by atoms with Gasteiger partial charge < -0.3 is 15.2 Å². The second-order valence-electron chi connectivity index (χ2n) is 4.12. The van der Waals surface area contributed by atoms with Crippen LogP contribution in [0.1, 0.15) is 24.3 Å². The molecule has 0 bridgehead atoms. The summed E-state index contributed by atoms with van der Waals surface area (Å²) < 4.78 is 6.52. The molecule has 1 aromatic heterocycles. The fraction of sp³-hybridized carbons (Fsp3) is 0.636. The first-order chi connectivity index (χ1) is 7.99. The Kier molecular flexibility index (Phi) is 4.51. The van der Waals surface area contributed by atoms with Gasteiger partial charge in [-0.05, 0) is 12.8 Å². The quantitative estimate of drug-likeness (QED) is 0.770. The number of nitrogens with one attached hydrogen (secondary N) is 1. The molecule has 0 fully saturated rings. The van der Waals surface area contributed by atoms with Gasteiger partial charge in [0.15, 0.2) is 5.69 Å². The molecule has 0 aliphatic heterocycles. The third-order valence-corrected chi connectivity index (χ3v) is 2.78. The summed E-state index contributed by atoms with van der Waals surface area (Å²) in [6, 6.07) is 1.46. The van der Waals surface area contributed by atoms with E-state index in [1.165, 1.54) is 11.8 Å². The van der Waals surface area contributed by atoms with Crippen LogP contribution in [-0.2, 0) is 7.05 Å². The maximum Gasteiger partial charge on any atom is 0.272 e. The van der Waals surface area contributed by atoms with Gasteiger partial charge in [0.1, 0.15) is 0 Å². The SMILES string of the molecule is COc1cc(C(=O)NC(C)C(C)CO)nn1C. The standard InChI is InChI=1S/C11H19N3O3/c1-7(6-15)8(2)12-11(16)9-5-10(17-4)14(3)13-9/h5,7-8,15H,6H2,1-4H3,(H,12,16). The van der Waals surface area contributed by atoms with E-state index in [2.05, 4.69) is 10.4 Å². The molecule has 96 valence electrons. The van der Waals surface area contributed by atoms with Gasteiger partial charge in [0, 0.05) is 25.8 Å². The number of nitrogens with zero attached hydrogens (tertiary/aromatic N) is 2. The van der Waals surface area contributed by atoms with Crippen LogP contribution >= 0.6 is 0 Å². The lowest BCUT2D eigenvalue weighted by molar-refractivity contribution is 0.0910. The van der Waals surface area contributed by atoms with Crippen molar-refractivity contribution in [3.05, 3.63) is 11.8 Å². The number of carbonyl (C=O) groups excluding carboxylic acids is 1. The van der Waals surface area contributed by atoms with Crippen LogP contribution in [0.4, 0.5) is 0 Å². The number of aromatic nitrogens is 2. The first-order valence-electron chi connectivity index (χ1n) is 5.49. The number of amides is 1. The maximum absolute atomic E-state index is 11.8. The molecule has 0 aromatic carbocycles. The van der Waals surface area contributed by atoms with Gasteiger partial charge in [-0.1, -0.05) is 6.92 Å². The Bertz CT molecular complexity index is 389. The predicted octanol–water partition coefficient (Wildman–Crippen LogP) is 0.175. The monoisotopic (exact) mass is 241 g/mol. The molecule has 1 heterocycles. The Morgan fingerprint density at radius 3 is 2.76 bits per heavy atom. The second-order valence-corrected chi connectivity index (χ2v) is 4.12. The Morgan fingerprint density at radius 1 is 1.65 bits per heavy atom. The fourth-order valence-electron chi connectivity index (χ4n) is 1.33. The van der Waals surface area contributed by atoms with Crippen molar-refractivity contribution in [1.82, 2.24) is 15.1 Å². The van der Waals surface area contributed by atoms with Crippen molar-refractivity contribution in [3.8, 4) is 5.88 Å². The summed E-state index contributed by atoms with van der Waals surface area (Å²) in [5.74, 6) is 0.263. The summed E-state index contributed by atoms with van der Waals surface area (Å²) >= 11 is 0. The number of carbonyl (C=O) groups is 1. The highest BCUT2D eigenvalue weighted by atomic mass is 16.5. The zero-order valence-corrected chi connectivity index (χ0v) is 10.6. The van der Waals surface area contributed by atoms with Crippen molar-refractivity contribution in [2.24, 2.45) is 13.0 Å². The van der Waals surface area contributed by atoms with Crippen LogP contribution in [0.5, 0.6) is 5.88 Å². The van der Waals surface area contributed by atoms with Crippen LogP contribution in [0, 0.1) is 5.92 Å². The normalized spacial score (nSPS) is 14.2. The van der Waals surface area contributed by atoms with Gasteiger partial charge in [-0.2, -0.15) is 5.10 Å². The van der Waals surface area contributed by atoms with Gasteiger partial charge in [-0.3, -0.25) is 4.79 Å². The maximum atomic E-state index is 11.8. The molecule has 1 amide bonds. The van der Waals surface area contributed by atoms with E-state index < -0.39 is 0 Å². The molecular weight excluding hydrogens is 222 g/mol. The summed E-state index contributed by atoms with van der Waals surface area (Å²) in [4.78, 5) is 11.8. The van der Waals surface area contributed by atoms with Crippen LogP contribution in [0.3, 0.4) is 0 Å². The van der Waals surface area contributed by atoms with E-state index in [1.54, 1.807) is 13.1 Å². The van der Waals surface area contributed by atoms with E-state index in [-0.39, 0.29) is 24.5 Å². The van der Waals surface area contributed by atoms with Crippen LogP contribution in [0.2, 0.25) is 0 Å². The third kappa shape index (κ3) is 3.20. The molecular formula is C11H19N3O3. The van der Waals surface area contributed by atoms with Gasteiger partial charge in [0.25, 0.3) is 5.91 Å². The van der Waals surface area contributed by atoms with E-state index >= 15 is 0 Å². The van der Waals surface area contributed by atoms with E-state index in [0.29, 0.717) is 11.6 Å². The van der Waals surface area contributed by atoms with Crippen molar-refractivity contribution < 1.29 is 14.6 Å². The van der Waals surface area contributed by atoms with Crippen LogP contribution in [-0.4, -0.2) is 40.6 Å². The number of aliphatic hydroxyl groups excluding tert-OH is 1. The molecule has 0 aliphatic carbocycles. The van der Waals surface area contributed by atoms with Gasteiger partial charge in [-0.15, -0.1) is 0 Å². The molecule has 1 rings (SSSR count). The van der Waals surface area contributed by atoms with Crippen LogP contribution < -0.4 is 10.1 Å². The van der Waals surface area contributed by atoms with E-state index in [4.69, 9.17) is 9.84 Å². The molecule has 2 atom stereocenters. The average Bonchev–Trinajstić information content (AvgIpc) is 2.69. The lowest BCUT2D eigenvalue weighted by atomic mass is 10.1. The molecule has 2 unspecified atom stereocenters. The van der Waals surface area contributed by atoms with Crippen molar-refractivity contribution in [3.63, 3.8) is 0 Å². The van der Waals surface area contributed by atoms with Crippen molar-refractivity contribution in [2.45, 2.75) is 19.9 Å². The molecule has 2 N–H and O–H groups in total. The first kappa shape index (κ1) is 13.5. The van der Waals surface area contributed by atoms with Crippen LogP contribution in [0.25, 0.3) is 0 Å². The minimum absolute atomic E-state index is 0.00422. The Morgan fingerprint density at radius 2 is 2.29 bits per heavy atom. The molecule has 17 heavy (non-hydrogen) atoms. The Labute approximate surface area is 101 Å². The zero-order chi connectivity index (χ0) is 13.0. The van der Waals surface area contributed by atoms with Gasteiger partial charge in [-0.25, -0.2) is 4.68 Å². The van der Waals surface area contributed by atoms with E-state index in [9.17, 15) is 4.79 Å². The second kappa shape index (κ2) is 5.67. The van der Waals surface area contributed by atoms with E-state index in [1.807, 2.05) is 13.8 Å². The lowest BCUT2D eigenvalue weighted by Crippen LogP contribution is -2.38. The molecule has 0 saturated heterocycles. The van der Waals surface area contributed by atoms with Crippen molar-refractivity contribution in [2.75, 3.05) is 13.7 Å². The Hall–Kier alpha value is -1.56. The average molecular weight is 241 g/mol. The van der Waals surface area contributed by atoms with E-state index in [0.717, 1.165) is 0 Å². The largest absolute Gasteiger partial charge is 0.481 e. The molecule has 0 spiro atoms. The minimum Gasteiger partial charge on any atom is -0.481 e. The molecule has 6 heteroatoms. The summed E-state index contributed by atoms with van der Waals surface area (Å²) in [6.45, 7) is 3.75. The summed E-state index contributed by atoms with van der Waals surface area (Å²) in [5, 5.41) is 15.8. The topological polar surface area (TPSA) is 76.4 Å². The minimum atomic E-state index is -0.267. The smallest absolute Gasteiger partial charge is 0.272 e.